The van der Waals surface area contributed by atoms with E-state index in [0.717, 1.165) is 0 Å². The number of para-hydroxylation sites is 1. The van der Waals surface area contributed by atoms with Gasteiger partial charge in [0.25, 0.3) is 11.4 Å². The Hall–Kier alpha value is -4.14. The second-order valence-electron chi connectivity index (χ2n) is 5.79. The van der Waals surface area contributed by atoms with Crippen molar-refractivity contribution in [2.45, 2.75) is 6.92 Å². The van der Waals surface area contributed by atoms with Crippen LogP contribution in [0.25, 0.3) is 6.08 Å². The largest absolute Gasteiger partial charge is 0.402 e. The summed E-state index contributed by atoms with van der Waals surface area (Å²) in [5.41, 5.74) is 0.952. The molecule has 2 aromatic rings. The lowest BCUT2D eigenvalue weighted by Gasteiger charge is -2.01. The molecule has 0 aliphatic carbocycles. The van der Waals surface area contributed by atoms with Gasteiger partial charge < -0.3 is 4.74 Å². The van der Waals surface area contributed by atoms with Crippen molar-refractivity contribution in [3.8, 4) is 0 Å². The van der Waals surface area contributed by atoms with Crippen molar-refractivity contribution in [2.75, 3.05) is 0 Å². The summed E-state index contributed by atoms with van der Waals surface area (Å²) < 4.78 is 5.08. The smallest absolute Gasteiger partial charge is 0.363 e. The van der Waals surface area contributed by atoms with Gasteiger partial charge in [-0.05, 0) is 31.2 Å². The monoisotopic (exact) mass is 379 g/mol. The highest BCUT2D eigenvalue weighted by molar-refractivity contribution is 6.11. The maximum atomic E-state index is 12.0. The average molecular weight is 379 g/mol. The molecular weight excluding hydrogens is 366 g/mol. The van der Waals surface area contributed by atoms with Crippen LogP contribution >= 0.6 is 0 Å². The molecule has 0 amide bonds. The normalized spacial score (nSPS) is 15.0. The first kappa shape index (κ1) is 18.6. The zero-order valence-electron chi connectivity index (χ0n) is 14.6. The number of carbonyl (C=O) groups excluding carboxylic acids is 1. The van der Waals surface area contributed by atoms with Gasteiger partial charge in [-0.15, -0.1) is 0 Å². The van der Waals surface area contributed by atoms with E-state index in [4.69, 9.17) is 4.74 Å². The number of hydrogen-bond acceptors (Lipinski definition) is 7. The molecular formula is C19H13N3O6. The van der Waals surface area contributed by atoms with E-state index in [0.29, 0.717) is 16.7 Å². The number of nitro benzene ring substituents is 2. The van der Waals surface area contributed by atoms with Gasteiger partial charge in [0, 0.05) is 23.3 Å². The van der Waals surface area contributed by atoms with Crippen molar-refractivity contribution < 1.29 is 19.4 Å². The van der Waals surface area contributed by atoms with Crippen molar-refractivity contribution in [1.29, 1.82) is 0 Å². The number of carbonyl (C=O) groups is 1. The molecule has 0 saturated carbocycles. The lowest BCUT2D eigenvalue weighted by molar-refractivity contribution is -0.385. The summed E-state index contributed by atoms with van der Waals surface area (Å²) in [6, 6.07) is 10.6. The third kappa shape index (κ3) is 3.83. The molecule has 9 nitrogen and oxygen atoms in total. The van der Waals surface area contributed by atoms with Crippen molar-refractivity contribution in [2.24, 2.45) is 4.99 Å². The summed E-state index contributed by atoms with van der Waals surface area (Å²) in [5.74, 6) is -0.760. The summed E-state index contributed by atoms with van der Waals surface area (Å²) in [6.07, 6.45) is 4.28. The third-order valence-electron chi connectivity index (χ3n) is 3.94. The second-order valence-corrected chi connectivity index (χ2v) is 5.79. The van der Waals surface area contributed by atoms with Gasteiger partial charge in [-0.3, -0.25) is 20.2 Å². The third-order valence-corrected chi connectivity index (χ3v) is 3.94. The molecule has 0 spiro atoms. The molecule has 1 aliphatic heterocycles. The quantitative estimate of drug-likeness (QED) is 0.337. The number of nitrogens with zero attached hydrogens (tertiary/aromatic N) is 3. The number of aryl methyl sites for hydroxylation is 1. The van der Waals surface area contributed by atoms with Gasteiger partial charge in [-0.2, -0.15) is 0 Å². The van der Waals surface area contributed by atoms with E-state index in [1.54, 1.807) is 37.3 Å². The average Bonchev–Trinajstić information content (AvgIpc) is 3.03. The van der Waals surface area contributed by atoms with Crippen LogP contribution in [0.5, 0.6) is 0 Å². The van der Waals surface area contributed by atoms with Crippen LogP contribution in [0.4, 0.5) is 11.4 Å². The maximum absolute atomic E-state index is 12.0. The molecule has 28 heavy (non-hydrogen) atoms. The molecule has 0 saturated heterocycles. The van der Waals surface area contributed by atoms with E-state index >= 15 is 0 Å². The fourth-order valence-corrected chi connectivity index (χ4v) is 2.52. The minimum absolute atomic E-state index is 0.0203. The highest BCUT2D eigenvalue weighted by Crippen LogP contribution is 2.24. The molecule has 0 aromatic heterocycles. The molecule has 0 N–H and O–H groups in total. The molecule has 0 radical (unpaired) electrons. The zero-order chi connectivity index (χ0) is 20.3. The number of rotatable bonds is 5. The highest BCUT2D eigenvalue weighted by Gasteiger charge is 2.25. The number of benzene rings is 2. The van der Waals surface area contributed by atoms with E-state index in [-0.39, 0.29) is 23.0 Å². The fraction of sp³-hybridized carbons (Fsp3) is 0.0526. The lowest BCUT2D eigenvalue weighted by Crippen LogP contribution is -2.06. The Morgan fingerprint density at radius 1 is 1.04 bits per heavy atom. The number of hydrogen-bond donors (Lipinski definition) is 0. The molecule has 1 heterocycles. The summed E-state index contributed by atoms with van der Waals surface area (Å²) in [5, 5.41) is 22.1. The molecule has 3 rings (SSSR count). The zero-order valence-corrected chi connectivity index (χ0v) is 14.6. The predicted octanol–water partition coefficient (Wildman–Crippen LogP) is 3.71. The summed E-state index contributed by atoms with van der Waals surface area (Å²) in [6.45, 7) is 1.60. The van der Waals surface area contributed by atoms with Crippen LogP contribution in [0.1, 0.15) is 16.7 Å². The summed E-state index contributed by atoms with van der Waals surface area (Å²) in [4.78, 5) is 37.1. The van der Waals surface area contributed by atoms with Crippen LogP contribution < -0.4 is 0 Å². The first-order valence-electron chi connectivity index (χ1n) is 8.05. The number of aliphatic imine (C=N–C) groups is 1. The molecule has 9 heteroatoms. The highest BCUT2D eigenvalue weighted by atomic mass is 16.6. The molecule has 2 aromatic carbocycles. The lowest BCUT2D eigenvalue weighted by atomic mass is 10.1. The fourth-order valence-electron chi connectivity index (χ4n) is 2.52. The molecule has 140 valence electrons. The van der Waals surface area contributed by atoms with Crippen LogP contribution in [0, 0.1) is 27.2 Å². The van der Waals surface area contributed by atoms with Crippen LogP contribution in [0.3, 0.4) is 0 Å². The number of cyclic esters (lactones) is 1. The molecule has 0 atom stereocenters. The van der Waals surface area contributed by atoms with Crippen LogP contribution in [0.15, 0.2) is 65.3 Å². The summed E-state index contributed by atoms with van der Waals surface area (Å²) in [7, 11) is 0. The Bertz CT molecular complexity index is 1080. The topological polar surface area (TPSA) is 125 Å². The van der Waals surface area contributed by atoms with E-state index in [2.05, 4.69) is 4.99 Å². The van der Waals surface area contributed by atoms with Gasteiger partial charge in [-0.25, -0.2) is 9.79 Å². The van der Waals surface area contributed by atoms with Gasteiger partial charge in [0.1, 0.15) is 0 Å². The van der Waals surface area contributed by atoms with Gasteiger partial charge in [-0.1, -0.05) is 24.3 Å². The number of ether oxygens (including phenoxy) is 1. The molecule has 0 unspecified atom stereocenters. The van der Waals surface area contributed by atoms with Crippen LogP contribution in [-0.2, 0) is 9.53 Å². The SMILES string of the molecule is Cc1ccc(C2=N/C(=C\C=C\c3ccccc3[N+](=O)[O-])C(=O)O2)cc1[N+](=O)[O-]. The van der Waals surface area contributed by atoms with Crippen molar-refractivity contribution >= 4 is 29.3 Å². The van der Waals surface area contributed by atoms with E-state index in [1.807, 2.05) is 0 Å². The van der Waals surface area contributed by atoms with Gasteiger partial charge in [0.15, 0.2) is 5.70 Å². The van der Waals surface area contributed by atoms with E-state index in [9.17, 15) is 25.0 Å². The Morgan fingerprint density at radius 2 is 1.75 bits per heavy atom. The van der Waals surface area contributed by atoms with E-state index in [1.165, 1.54) is 30.4 Å². The first-order valence-corrected chi connectivity index (χ1v) is 8.05. The number of nitro groups is 2. The first-order chi connectivity index (χ1) is 13.4. The minimum atomic E-state index is -0.717. The van der Waals surface area contributed by atoms with Crippen LogP contribution in [-0.4, -0.2) is 21.7 Å². The Labute approximate surface area is 158 Å². The van der Waals surface area contributed by atoms with Crippen LogP contribution in [0.2, 0.25) is 0 Å². The Balaban J connectivity index is 1.87. The predicted molar refractivity (Wildman–Crippen MR) is 101 cm³/mol. The standard InChI is InChI=1S/C19H13N3O6/c1-12-9-10-14(11-17(12)22(26)27)18-20-15(19(23)28-18)7-4-6-13-5-2-3-8-16(13)21(24)25/h2-11H,1H3/b6-4+,15-7-. The van der Waals surface area contributed by atoms with Gasteiger partial charge in [0.2, 0.25) is 5.90 Å². The number of allylic oxidation sites excluding steroid dienone is 2. The van der Waals surface area contributed by atoms with Gasteiger partial charge >= 0.3 is 5.97 Å². The van der Waals surface area contributed by atoms with Crippen molar-refractivity contribution in [3.63, 3.8) is 0 Å². The molecule has 0 fully saturated rings. The maximum Gasteiger partial charge on any atom is 0.363 e. The number of esters is 1. The van der Waals surface area contributed by atoms with E-state index < -0.39 is 15.8 Å². The Kier molecular flexibility index (Phi) is 5.07. The minimum Gasteiger partial charge on any atom is -0.402 e. The van der Waals surface area contributed by atoms with Gasteiger partial charge in [0.05, 0.1) is 15.4 Å². The molecule has 1 aliphatic rings. The molecule has 0 bridgehead atoms. The summed E-state index contributed by atoms with van der Waals surface area (Å²) >= 11 is 0. The Morgan fingerprint density at radius 3 is 2.46 bits per heavy atom. The van der Waals surface area contributed by atoms with Crippen molar-refractivity contribution in [3.05, 3.63) is 97.2 Å². The second kappa shape index (κ2) is 7.62. The van der Waals surface area contributed by atoms with Crippen molar-refractivity contribution in [1.82, 2.24) is 0 Å².